The van der Waals surface area contributed by atoms with Gasteiger partial charge in [-0.25, -0.2) is 32.1 Å². The lowest BCUT2D eigenvalue weighted by atomic mass is 9.79. The van der Waals surface area contributed by atoms with Crippen LogP contribution in [0.3, 0.4) is 0 Å². The van der Waals surface area contributed by atoms with Gasteiger partial charge in [-0.3, -0.25) is 4.79 Å². The summed E-state index contributed by atoms with van der Waals surface area (Å²) < 4.78 is 43.2. The molecule has 0 unspecified atom stereocenters. The second-order valence-corrected chi connectivity index (χ2v) is 13.0. The van der Waals surface area contributed by atoms with Gasteiger partial charge in [0, 0.05) is 31.9 Å². The number of aromatic nitrogens is 5. The number of amides is 1. The summed E-state index contributed by atoms with van der Waals surface area (Å²) in [4.78, 5) is 45.6. The molecule has 4 aromatic rings. The van der Waals surface area contributed by atoms with Crippen molar-refractivity contribution in [3.05, 3.63) is 65.1 Å². The van der Waals surface area contributed by atoms with Crippen LogP contribution in [0.25, 0.3) is 28.1 Å². The van der Waals surface area contributed by atoms with Crippen LogP contribution in [0.5, 0.6) is 0 Å². The quantitative estimate of drug-likeness (QED) is 0.315. The summed E-state index contributed by atoms with van der Waals surface area (Å²) in [6, 6.07) is 5.88. The van der Waals surface area contributed by atoms with E-state index in [1.807, 2.05) is 17.9 Å². The Bertz CT molecular complexity index is 1950. The predicted octanol–water partition coefficient (Wildman–Crippen LogP) is 2.79. The molecule has 224 valence electrons. The fourth-order valence-electron chi connectivity index (χ4n) is 5.92. The number of nitrogens with one attached hydrogen (secondary N) is 1. The maximum absolute atomic E-state index is 15.8. The number of anilines is 2. The number of hydrogen-bond donors (Lipinski definition) is 2. The van der Waals surface area contributed by atoms with Crippen LogP contribution in [0.1, 0.15) is 37.7 Å². The average molecular weight is 607 g/mol. The van der Waals surface area contributed by atoms with E-state index in [1.165, 1.54) is 29.1 Å². The van der Waals surface area contributed by atoms with E-state index in [4.69, 9.17) is 5.73 Å². The number of carbonyl (C=O) groups excluding carboxylic acids is 1. The van der Waals surface area contributed by atoms with Crippen molar-refractivity contribution in [2.75, 3.05) is 36.5 Å². The Labute approximate surface area is 247 Å². The maximum Gasteiger partial charge on any atom is 0.355 e. The van der Waals surface area contributed by atoms with Gasteiger partial charge in [0.15, 0.2) is 27.1 Å². The molecule has 1 aliphatic carbocycles. The summed E-state index contributed by atoms with van der Waals surface area (Å²) in [7, 11) is -3.81. The number of pyridine rings is 1. The van der Waals surface area contributed by atoms with E-state index in [2.05, 4.69) is 26.5 Å². The van der Waals surface area contributed by atoms with E-state index >= 15 is 4.39 Å². The van der Waals surface area contributed by atoms with Crippen LogP contribution in [-0.2, 0) is 14.6 Å². The van der Waals surface area contributed by atoms with Crippen LogP contribution in [0.15, 0.2) is 52.9 Å². The van der Waals surface area contributed by atoms with Gasteiger partial charge in [-0.1, -0.05) is 25.1 Å². The maximum atomic E-state index is 15.8. The number of para-hydroxylation sites is 1. The topological polar surface area (TPSA) is 160 Å². The minimum absolute atomic E-state index is 0.0113. The Morgan fingerprint density at radius 2 is 2.00 bits per heavy atom. The minimum atomic E-state index is -3.81. The third-order valence-corrected chi connectivity index (χ3v) is 9.42. The summed E-state index contributed by atoms with van der Waals surface area (Å²) in [6.45, 7) is 6.42. The number of halogens is 1. The van der Waals surface area contributed by atoms with E-state index in [-0.39, 0.29) is 62.5 Å². The molecule has 3 N–H and O–H groups in total. The summed E-state index contributed by atoms with van der Waals surface area (Å²) >= 11 is 0. The molecule has 0 radical (unpaired) electrons. The van der Waals surface area contributed by atoms with Crippen molar-refractivity contribution in [1.29, 1.82) is 0 Å². The second kappa shape index (κ2) is 10.6. The van der Waals surface area contributed by atoms with Gasteiger partial charge in [0.25, 0.3) is 0 Å². The molecule has 12 nitrogen and oxygen atoms in total. The van der Waals surface area contributed by atoms with Crippen LogP contribution in [0.2, 0.25) is 0 Å². The Kier molecular flexibility index (Phi) is 7.03. The Hall–Kier alpha value is -4.59. The molecule has 1 amide bonds. The number of benzene rings is 1. The third-order valence-electron chi connectivity index (χ3n) is 8.29. The summed E-state index contributed by atoms with van der Waals surface area (Å²) in [6.07, 6.45) is 6.29. The molecule has 0 spiro atoms. The van der Waals surface area contributed by atoms with Crippen molar-refractivity contribution in [2.24, 2.45) is 0 Å². The Morgan fingerprint density at radius 1 is 1.23 bits per heavy atom. The lowest BCUT2D eigenvalue weighted by Crippen LogP contribution is -2.54. The SMILES string of the molecule is C=CC(=O)N1CCN(c2nc(=O)n(-c3c(C4CCC4)cccc3S(C)(=O)=O)c3nc(-c4[nH]cnc4N)c(F)cc23)[C@@H](C)C1. The first-order valence-electron chi connectivity index (χ1n) is 13.9. The van der Waals surface area contributed by atoms with E-state index in [9.17, 15) is 18.0 Å². The van der Waals surface area contributed by atoms with E-state index in [1.54, 1.807) is 11.0 Å². The first-order valence-corrected chi connectivity index (χ1v) is 15.8. The van der Waals surface area contributed by atoms with Crippen molar-refractivity contribution in [1.82, 2.24) is 29.4 Å². The first kappa shape index (κ1) is 28.5. The number of nitrogen functional groups attached to an aromatic ring is 1. The van der Waals surface area contributed by atoms with Crippen LogP contribution >= 0.6 is 0 Å². The molecular formula is C29H31FN8O4S. The number of hydrogen-bond acceptors (Lipinski definition) is 9. The number of imidazole rings is 1. The number of aromatic amines is 1. The lowest BCUT2D eigenvalue weighted by molar-refractivity contribution is -0.126. The number of fused-ring (bicyclic) bond motifs is 1. The highest BCUT2D eigenvalue weighted by molar-refractivity contribution is 7.90. The highest BCUT2D eigenvalue weighted by Gasteiger charge is 2.33. The molecule has 4 heterocycles. The van der Waals surface area contributed by atoms with Crippen molar-refractivity contribution >= 4 is 38.4 Å². The summed E-state index contributed by atoms with van der Waals surface area (Å²) in [5.41, 5.74) is 6.05. The largest absolute Gasteiger partial charge is 0.382 e. The lowest BCUT2D eigenvalue weighted by Gasteiger charge is -2.40. The van der Waals surface area contributed by atoms with Crippen molar-refractivity contribution < 1.29 is 17.6 Å². The standard InChI is InChI=1S/C29H31FN8O4S/c1-4-22(39)36-11-12-37(16(2)14-36)27-19-13-20(30)23(24-26(31)33-15-32-24)34-28(19)38(29(40)35-27)25-18(17-7-5-8-17)9-6-10-21(25)43(3,41)42/h4,6,9-10,13,15-17H,1,5,7-8,11-12,14,31H2,2-3H3,(H,32,33)/t16-/m0/s1. The molecule has 0 bridgehead atoms. The summed E-state index contributed by atoms with van der Waals surface area (Å²) in [5, 5.41) is 0.206. The number of rotatable bonds is 6. The van der Waals surface area contributed by atoms with Crippen LogP contribution in [0.4, 0.5) is 16.0 Å². The zero-order chi connectivity index (χ0) is 30.6. The van der Waals surface area contributed by atoms with Crippen molar-refractivity contribution in [2.45, 2.75) is 43.0 Å². The van der Waals surface area contributed by atoms with Crippen molar-refractivity contribution in [3.8, 4) is 17.1 Å². The minimum Gasteiger partial charge on any atom is -0.382 e. The number of nitrogens with zero attached hydrogens (tertiary/aromatic N) is 6. The van der Waals surface area contributed by atoms with Gasteiger partial charge in [-0.05, 0) is 49.5 Å². The number of carbonyl (C=O) groups is 1. The Morgan fingerprint density at radius 3 is 2.60 bits per heavy atom. The molecule has 1 aromatic carbocycles. The normalized spacial score (nSPS) is 17.7. The number of H-pyrrole nitrogens is 1. The molecule has 3 aromatic heterocycles. The predicted molar refractivity (Wildman–Crippen MR) is 160 cm³/mol. The molecule has 43 heavy (non-hydrogen) atoms. The molecular weight excluding hydrogens is 575 g/mol. The number of piperazine rings is 1. The second-order valence-electron chi connectivity index (χ2n) is 11.0. The monoisotopic (exact) mass is 606 g/mol. The van der Waals surface area contributed by atoms with E-state index in [0.29, 0.717) is 25.2 Å². The highest BCUT2D eigenvalue weighted by atomic mass is 32.2. The van der Waals surface area contributed by atoms with Gasteiger partial charge in [0.1, 0.15) is 17.2 Å². The fraction of sp³-hybridized carbons (Fsp3) is 0.345. The first-order chi connectivity index (χ1) is 20.5. The van der Waals surface area contributed by atoms with Crippen LogP contribution < -0.4 is 16.3 Å². The van der Waals surface area contributed by atoms with Gasteiger partial charge >= 0.3 is 5.69 Å². The smallest absolute Gasteiger partial charge is 0.355 e. The van der Waals surface area contributed by atoms with Crippen LogP contribution in [-0.4, -0.2) is 75.7 Å². The number of nitrogens with two attached hydrogens (primary N) is 1. The molecule has 1 aliphatic heterocycles. The molecule has 1 saturated heterocycles. The zero-order valence-electron chi connectivity index (χ0n) is 23.7. The van der Waals surface area contributed by atoms with E-state index in [0.717, 1.165) is 25.5 Å². The van der Waals surface area contributed by atoms with Crippen molar-refractivity contribution in [3.63, 3.8) is 0 Å². The molecule has 6 rings (SSSR count). The van der Waals surface area contributed by atoms with Crippen LogP contribution in [0, 0.1) is 5.82 Å². The Balaban J connectivity index is 1.66. The molecule has 2 fully saturated rings. The van der Waals surface area contributed by atoms with Gasteiger partial charge in [-0.2, -0.15) is 4.98 Å². The highest BCUT2D eigenvalue weighted by Crippen LogP contribution is 2.42. The zero-order valence-corrected chi connectivity index (χ0v) is 24.6. The van der Waals surface area contributed by atoms with Gasteiger partial charge in [-0.15, -0.1) is 0 Å². The average Bonchev–Trinajstić information content (AvgIpc) is 3.36. The molecule has 14 heteroatoms. The molecule has 1 atom stereocenters. The fourth-order valence-corrected chi connectivity index (χ4v) is 6.81. The van der Waals surface area contributed by atoms with Gasteiger partial charge in [0.05, 0.1) is 22.3 Å². The van der Waals surface area contributed by atoms with Gasteiger partial charge in [0.2, 0.25) is 5.91 Å². The summed E-state index contributed by atoms with van der Waals surface area (Å²) in [5.74, 6) is -0.711. The molecule has 1 saturated carbocycles. The van der Waals surface area contributed by atoms with E-state index < -0.39 is 21.3 Å². The van der Waals surface area contributed by atoms with Gasteiger partial charge < -0.3 is 20.5 Å². The number of sulfone groups is 1. The molecule has 2 aliphatic rings. The third kappa shape index (κ3) is 4.84.